The molecule has 2 aromatic heterocycles. The van der Waals surface area contributed by atoms with Gasteiger partial charge in [0.05, 0.1) is 31.9 Å². The van der Waals surface area contributed by atoms with Crippen molar-refractivity contribution in [1.29, 1.82) is 0 Å². The molecule has 0 spiro atoms. The summed E-state index contributed by atoms with van der Waals surface area (Å²) in [6.45, 7) is 5.92. The first-order chi connectivity index (χ1) is 16.8. The Labute approximate surface area is 215 Å². The average molecular weight is 527 g/mol. The second-order valence-electron chi connectivity index (χ2n) is 8.87. The summed E-state index contributed by atoms with van der Waals surface area (Å²) in [5.41, 5.74) is 3.66. The van der Waals surface area contributed by atoms with Gasteiger partial charge in [-0.05, 0) is 55.0 Å². The molecule has 2 aromatic carbocycles. The minimum Gasteiger partial charge on any atom is -0.314 e. The normalized spacial score (nSPS) is 17.1. The standard InChI is InChI=1S/C26H27ClN4O2S2/c1-18-16-28-12-13-30(18)17-20-15-24(31(29-20)23-9-4-3-8-22(23)27)26-11-10-25(34-26)19-6-5-7-21(14-19)35(2,32)33/h3-11,14-15,18,28H,12-13,16-17H2,1-2H3. The van der Waals surface area contributed by atoms with Crippen molar-refractivity contribution in [2.24, 2.45) is 0 Å². The van der Waals surface area contributed by atoms with Crippen molar-refractivity contribution in [3.63, 3.8) is 0 Å². The fourth-order valence-electron chi connectivity index (χ4n) is 4.33. The zero-order chi connectivity index (χ0) is 24.6. The van der Waals surface area contributed by atoms with Crippen molar-refractivity contribution in [2.75, 3.05) is 25.9 Å². The number of piperazine rings is 1. The Hall–Kier alpha value is -2.49. The first-order valence-corrected chi connectivity index (χ1v) is 14.6. The smallest absolute Gasteiger partial charge is 0.175 e. The van der Waals surface area contributed by atoms with Gasteiger partial charge >= 0.3 is 0 Å². The molecule has 0 radical (unpaired) electrons. The van der Waals surface area contributed by atoms with E-state index in [1.807, 2.05) is 41.1 Å². The summed E-state index contributed by atoms with van der Waals surface area (Å²) in [5, 5.41) is 9.04. The maximum Gasteiger partial charge on any atom is 0.175 e. The van der Waals surface area contributed by atoms with Crippen LogP contribution < -0.4 is 5.32 Å². The highest BCUT2D eigenvalue weighted by atomic mass is 35.5. The van der Waals surface area contributed by atoms with E-state index in [1.54, 1.807) is 29.5 Å². The van der Waals surface area contributed by atoms with Crippen LogP contribution in [0.25, 0.3) is 26.7 Å². The number of hydrogen-bond acceptors (Lipinski definition) is 6. The minimum absolute atomic E-state index is 0.318. The summed E-state index contributed by atoms with van der Waals surface area (Å²) in [5.74, 6) is 0. The Morgan fingerprint density at radius 3 is 2.66 bits per heavy atom. The quantitative estimate of drug-likeness (QED) is 0.378. The van der Waals surface area contributed by atoms with E-state index < -0.39 is 9.84 Å². The van der Waals surface area contributed by atoms with E-state index in [-0.39, 0.29) is 0 Å². The highest BCUT2D eigenvalue weighted by Gasteiger charge is 2.22. The van der Waals surface area contributed by atoms with E-state index in [2.05, 4.69) is 29.3 Å². The van der Waals surface area contributed by atoms with E-state index in [9.17, 15) is 8.42 Å². The van der Waals surface area contributed by atoms with Crippen molar-refractivity contribution >= 4 is 32.8 Å². The second-order valence-corrected chi connectivity index (χ2v) is 12.4. The predicted molar refractivity (Wildman–Crippen MR) is 143 cm³/mol. The molecule has 3 heterocycles. The molecule has 0 amide bonds. The van der Waals surface area contributed by atoms with Crippen LogP contribution in [0.5, 0.6) is 0 Å². The van der Waals surface area contributed by atoms with Gasteiger partial charge in [0.15, 0.2) is 9.84 Å². The minimum atomic E-state index is -3.27. The number of benzene rings is 2. The van der Waals surface area contributed by atoms with Crippen LogP contribution in [0.2, 0.25) is 5.02 Å². The van der Waals surface area contributed by atoms with Gasteiger partial charge in [0, 0.05) is 43.4 Å². The molecule has 1 atom stereocenters. The maximum atomic E-state index is 12.0. The zero-order valence-electron chi connectivity index (χ0n) is 19.6. The summed E-state index contributed by atoms with van der Waals surface area (Å²) in [4.78, 5) is 4.79. The number of thiophene rings is 1. The maximum absolute atomic E-state index is 12.0. The third-order valence-corrected chi connectivity index (χ3v) is 8.84. The largest absolute Gasteiger partial charge is 0.314 e. The van der Waals surface area contributed by atoms with Gasteiger partial charge < -0.3 is 5.32 Å². The molecule has 1 unspecified atom stereocenters. The molecule has 1 saturated heterocycles. The van der Waals surface area contributed by atoms with E-state index in [0.717, 1.165) is 58.6 Å². The fourth-order valence-corrected chi connectivity index (χ4v) is 6.21. The molecule has 0 bridgehead atoms. The molecule has 35 heavy (non-hydrogen) atoms. The number of rotatable bonds is 6. The summed E-state index contributed by atoms with van der Waals surface area (Å²) in [7, 11) is -3.27. The Kier molecular flexibility index (Phi) is 6.83. The van der Waals surface area contributed by atoms with Gasteiger partial charge in [0.1, 0.15) is 0 Å². The SMILES string of the molecule is CC1CNCCN1Cc1cc(-c2ccc(-c3cccc(S(C)(=O)=O)c3)s2)n(-c2ccccc2Cl)n1. The van der Waals surface area contributed by atoms with Gasteiger partial charge in [-0.3, -0.25) is 4.90 Å². The van der Waals surface area contributed by atoms with E-state index in [1.165, 1.54) is 6.26 Å². The van der Waals surface area contributed by atoms with Crippen LogP contribution in [0.4, 0.5) is 0 Å². The van der Waals surface area contributed by atoms with Crippen molar-refractivity contribution in [3.05, 3.63) is 77.4 Å². The number of aromatic nitrogens is 2. The predicted octanol–water partition coefficient (Wildman–Crippen LogP) is 5.12. The van der Waals surface area contributed by atoms with Crippen LogP contribution in [0.3, 0.4) is 0 Å². The number of hydrogen-bond donors (Lipinski definition) is 1. The first-order valence-electron chi connectivity index (χ1n) is 11.5. The van der Waals surface area contributed by atoms with Crippen molar-refractivity contribution in [2.45, 2.75) is 24.4 Å². The molecule has 1 fully saturated rings. The summed E-state index contributed by atoms with van der Waals surface area (Å²) in [6.07, 6.45) is 1.23. The van der Waals surface area contributed by atoms with Crippen LogP contribution in [0.15, 0.2) is 71.6 Å². The van der Waals surface area contributed by atoms with Crippen molar-refractivity contribution in [1.82, 2.24) is 20.0 Å². The van der Waals surface area contributed by atoms with Gasteiger partial charge in [-0.1, -0.05) is 35.9 Å². The summed E-state index contributed by atoms with van der Waals surface area (Å²) >= 11 is 8.18. The van der Waals surface area contributed by atoms with E-state index >= 15 is 0 Å². The van der Waals surface area contributed by atoms with Gasteiger partial charge in [0.25, 0.3) is 0 Å². The lowest BCUT2D eigenvalue weighted by molar-refractivity contribution is 0.163. The van der Waals surface area contributed by atoms with Crippen molar-refractivity contribution in [3.8, 4) is 26.7 Å². The van der Waals surface area contributed by atoms with Gasteiger partial charge in [-0.25, -0.2) is 13.1 Å². The van der Waals surface area contributed by atoms with Gasteiger partial charge in [-0.15, -0.1) is 11.3 Å². The van der Waals surface area contributed by atoms with Crippen LogP contribution in [0.1, 0.15) is 12.6 Å². The van der Waals surface area contributed by atoms with Crippen LogP contribution >= 0.6 is 22.9 Å². The molecule has 9 heteroatoms. The van der Waals surface area contributed by atoms with Crippen LogP contribution in [0, 0.1) is 0 Å². The number of nitrogens with zero attached hydrogens (tertiary/aromatic N) is 3. The Morgan fingerprint density at radius 1 is 1.09 bits per heavy atom. The topological polar surface area (TPSA) is 67.2 Å². The molecule has 6 nitrogen and oxygen atoms in total. The fraction of sp³-hybridized carbons (Fsp3) is 0.269. The first kappa shape index (κ1) is 24.2. The number of nitrogens with one attached hydrogen (secondary N) is 1. The number of sulfone groups is 1. The zero-order valence-corrected chi connectivity index (χ0v) is 22.0. The average Bonchev–Trinajstić information content (AvgIpc) is 3.48. The molecule has 5 rings (SSSR count). The lowest BCUT2D eigenvalue weighted by Gasteiger charge is -2.33. The van der Waals surface area contributed by atoms with Gasteiger partial charge in [0.2, 0.25) is 0 Å². The van der Waals surface area contributed by atoms with E-state index in [4.69, 9.17) is 16.7 Å². The Bertz CT molecular complexity index is 1460. The van der Waals surface area contributed by atoms with Gasteiger partial charge in [-0.2, -0.15) is 5.10 Å². The molecular formula is C26H27ClN4O2S2. The number of halogens is 1. The van der Waals surface area contributed by atoms with Crippen LogP contribution in [-0.2, 0) is 16.4 Å². The molecule has 1 N–H and O–H groups in total. The lowest BCUT2D eigenvalue weighted by Crippen LogP contribution is -2.49. The highest BCUT2D eigenvalue weighted by molar-refractivity contribution is 7.90. The Balaban J connectivity index is 1.55. The highest BCUT2D eigenvalue weighted by Crippen LogP contribution is 2.37. The monoisotopic (exact) mass is 526 g/mol. The summed E-state index contributed by atoms with van der Waals surface area (Å²) in [6, 6.07) is 21.5. The summed E-state index contributed by atoms with van der Waals surface area (Å²) < 4.78 is 26.0. The number of para-hydroxylation sites is 1. The molecule has 0 saturated carbocycles. The Morgan fingerprint density at radius 2 is 1.89 bits per heavy atom. The molecule has 182 valence electrons. The third-order valence-electron chi connectivity index (χ3n) is 6.25. The third kappa shape index (κ3) is 5.22. The second kappa shape index (κ2) is 9.87. The van der Waals surface area contributed by atoms with E-state index in [0.29, 0.717) is 16.0 Å². The molecule has 1 aliphatic rings. The van der Waals surface area contributed by atoms with Crippen LogP contribution in [-0.4, -0.2) is 55.0 Å². The molecule has 0 aliphatic carbocycles. The van der Waals surface area contributed by atoms with Crippen molar-refractivity contribution < 1.29 is 8.42 Å². The lowest BCUT2D eigenvalue weighted by atomic mass is 10.2. The molecule has 4 aromatic rings. The molecular weight excluding hydrogens is 500 g/mol. The molecule has 1 aliphatic heterocycles.